The van der Waals surface area contributed by atoms with Crippen molar-refractivity contribution < 1.29 is 9.84 Å². The highest BCUT2D eigenvalue weighted by Crippen LogP contribution is 2.37. The molecule has 0 aromatic carbocycles. The number of rotatable bonds is 6. The van der Waals surface area contributed by atoms with Crippen molar-refractivity contribution in [2.24, 2.45) is 11.7 Å². The standard InChI is InChI=1S/C14H29NO2/c1-4-5-13-6-8-14(10-15,9-7-13)17-12(3)11(2)16/h11-13,16H,4-10,15H2,1-3H3. The monoisotopic (exact) mass is 243 g/mol. The maximum absolute atomic E-state index is 9.53. The molecule has 1 aliphatic carbocycles. The first-order valence-corrected chi connectivity index (χ1v) is 7.09. The van der Waals surface area contributed by atoms with Crippen LogP contribution in [-0.2, 0) is 4.74 Å². The van der Waals surface area contributed by atoms with Gasteiger partial charge in [-0.15, -0.1) is 0 Å². The van der Waals surface area contributed by atoms with Crippen LogP contribution in [0.3, 0.4) is 0 Å². The van der Waals surface area contributed by atoms with Crippen LogP contribution in [0.2, 0.25) is 0 Å². The van der Waals surface area contributed by atoms with Gasteiger partial charge in [-0.25, -0.2) is 0 Å². The van der Waals surface area contributed by atoms with Crippen molar-refractivity contribution in [1.29, 1.82) is 0 Å². The van der Waals surface area contributed by atoms with E-state index in [0.717, 1.165) is 18.8 Å². The fourth-order valence-corrected chi connectivity index (χ4v) is 2.76. The van der Waals surface area contributed by atoms with Gasteiger partial charge in [-0.05, 0) is 45.4 Å². The van der Waals surface area contributed by atoms with Crippen molar-refractivity contribution in [1.82, 2.24) is 0 Å². The minimum absolute atomic E-state index is 0.124. The van der Waals surface area contributed by atoms with Gasteiger partial charge in [0.25, 0.3) is 0 Å². The molecule has 1 saturated carbocycles. The van der Waals surface area contributed by atoms with Crippen molar-refractivity contribution in [3.8, 4) is 0 Å². The van der Waals surface area contributed by atoms with Crippen molar-refractivity contribution in [2.45, 2.75) is 77.1 Å². The molecule has 0 heterocycles. The van der Waals surface area contributed by atoms with Gasteiger partial charge in [0.2, 0.25) is 0 Å². The Kier molecular flexibility index (Phi) is 5.90. The third kappa shape index (κ3) is 4.23. The molecule has 3 N–H and O–H groups in total. The quantitative estimate of drug-likeness (QED) is 0.753. The van der Waals surface area contributed by atoms with E-state index in [1.165, 1.54) is 25.7 Å². The number of aliphatic hydroxyl groups is 1. The summed E-state index contributed by atoms with van der Waals surface area (Å²) in [4.78, 5) is 0. The molecule has 0 spiro atoms. The average molecular weight is 243 g/mol. The van der Waals surface area contributed by atoms with Crippen LogP contribution in [0.25, 0.3) is 0 Å². The Balaban J connectivity index is 2.49. The highest BCUT2D eigenvalue weighted by Gasteiger charge is 2.36. The molecule has 3 heteroatoms. The van der Waals surface area contributed by atoms with Crippen molar-refractivity contribution in [3.63, 3.8) is 0 Å². The Morgan fingerprint density at radius 1 is 1.35 bits per heavy atom. The fraction of sp³-hybridized carbons (Fsp3) is 1.00. The number of aliphatic hydroxyl groups excluding tert-OH is 1. The molecule has 102 valence electrons. The summed E-state index contributed by atoms with van der Waals surface area (Å²) in [5.41, 5.74) is 5.72. The lowest BCUT2D eigenvalue weighted by Gasteiger charge is -2.41. The molecule has 0 amide bonds. The van der Waals surface area contributed by atoms with E-state index in [1.54, 1.807) is 6.92 Å². The minimum atomic E-state index is -0.424. The van der Waals surface area contributed by atoms with Crippen LogP contribution in [0.4, 0.5) is 0 Å². The zero-order valence-electron chi connectivity index (χ0n) is 11.6. The predicted octanol–water partition coefficient (Wildman–Crippen LogP) is 2.46. The first-order chi connectivity index (χ1) is 8.03. The minimum Gasteiger partial charge on any atom is -0.391 e. The SMILES string of the molecule is CCCC1CCC(CN)(OC(C)C(C)O)CC1. The topological polar surface area (TPSA) is 55.5 Å². The molecule has 0 aromatic rings. The van der Waals surface area contributed by atoms with E-state index in [0.29, 0.717) is 6.54 Å². The van der Waals surface area contributed by atoms with Crippen LogP contribution in [0, 0.1) is 5.92 Å². The van der Waals surface area contributed by atoms with Crippen LogP contribution < -0.4 is 5.73 Å². The zero-order valence-corrected chi connectivity index (χ0v) is 11.6. The van der Waals surface area contributed by atoms with Gasteiger partial charge >= 0.3 is 0 Å². The Bertz CT molecular complexity index is 210. The highest BCUT2D eigenvalue weighted by molar-refractivity contribution is 4.89. The molecule has 1 rings (SSSR count). The summed E-state index contributed by atoms with van der Waals surface area (Å²) in [5, 5.41) is 9.53. The van der Waals surface area contributed by atoms with E-state index in [-0.39, 0.29) is 11.7 Å². The Morgan fingerprint density at radius 3 is 2.35 bits per heavy atom. The molecule has 2 atom stereocenters. The predicted molar refractivity (Wildman–Crippen MR) is 70.9 cm³/mol. The summed E-state index contributed by atoms with van der Waals surface area (Å²) >= 11 is 0. The van der Waals surface area contributed by atoms with Crippen LogP contribution in [0.1, 0.15) is 59.3 Å². The van der Waals surface area contributed by atoms with Gasteiger partial charge in [-0.3, -0.25) is 0 Å². The summed E-state index contributed by atoms with van der Waals surface area (Å²) in [5.74, 6) is 0.852. The normalized spacial score (nSPS) is 33.4. The first-order valence-electron chi connectivity index (χ1n) is 7.09. The molecule has 17 heavy (non-hydrogen) atoms. The summed E-state index contributed by atoms with van der Waals surface area (Å²) in [6.45, 7) is 6.53. The molecule has 1 fully saturated rings. The smallest absolute Gasteiger partial charge is 0.0811 e. The second-order valence-corrected chi connectivity index (χ2v) is 5.68. The van der Waals surface area contributed by atoms with E-state index >= 15 is 0 Å². The van der Waals surface area contributed by atoms with Gasteiger partial charge in [-0.1, -0.05) is 19.8 Å². The number of ether oxygens (including phenoxy) is 1. The Morgan fingerprint density at radius 2 is 1.94 bits per heavy atom. The maximum atomic E-state index is 9.53. The number of nitrogens with two attached hydrogens (primary N) is 1. The summed E-state index contributed by atoms with van der Waals surface area (Å²) in [6, 6.07) is 0. The molecule has 0 radical (unpaired) electrons. The molecule has 3 nitrogen and oxygen atoms in total. The van der Waals surface area contributed by atoms with Gasteiger partial charge in [0.1, 0.15) is 0 Å². The van der Waals surface area contributed by atoms with Gasteiger partial charge in [0, 0.05) is 6.54 Å². The molecular weight excluding hydrogens is 214 g/mol. The van der Waals surface area contributed by atoms with E-state index in [4.69, 9.17) is 10.5 Å². The second-order valence-electron chi connectivity index (χ2n) is 5.68. The van der Waals surface area contributed by atoms with Crippen molar-refractivity contribution in [2.75, 3.05) is 6.54 Å². The highest BCUT2D eigenvalue weighted by atomic mass is 16.5. The van der Waals surface area contributed by atoms with Crippen molar-refractivity contribution in [3.05, 3.63) is 0 Å². The fourth-order valence-electron chi connectivity index (χ4n) is 2.76. The molecule has 0 saturated heterocycles. The molecular formula is C14H29NO2. The lowest BCUT2D eigenvalue weighted by Crippen LogP contribution is -2.47. The largest absolute Gasteiger partial charge is 0.391 e. The lowest BCUT2D eigenvalue weighted by atomic mass is 9.77. The summed E-state index contributed by atoms with van der Waals surface area (Å²) < 4.78 is 6.04. The second kappa shape index (κ2) is 6.72. The Labute approximate surface area is 106 Å². The van der Waals surface area contributed by atoms with Crippen LogP contribution in [0.15, 0.2) is 0 Å². The average Bonchev–Trinajstić information content (AvgIpc) is 2.32. The van der Waals surface area contributed by atoms with E-state index in [1.807, 2.05) is 6.92 Å². The van der Waals surface area contributed by atoms with Crippen molar-refractivity contribution >= 4 is 0 Å². The van der Waals surface area contributed by atoms with E-state index < -0.39 is 6.10 Å². The van der Waals surface area contributed by atoms with Gasteiger partial charge in [-0.2, -0.15) is 0 Å². The van der Waals surface area contributed by atoms with E-state index in [9.17, 15) is 5.11 Å². The maximum Gasteiger partial charge on any atom is 0.0811 e. The zero-order chi connectivity index (χ0) is 12.9. The number of hydrogen-bond donors (Lipinski definition) is 2. The summed E-state index contributed by atoms with van der Waals surface area (Å²) in [7, 11) is 0. The first kappa shape index (κ1) is 14.9. The lowest BCUT2D eigenvalue weighted by molar-refractivity contribution is -0.138. The molecule has 0 bridgehead atoms. The molecule has 2 unspecified atom stereocenters. The van der Waals surface area contributed by atoms with Gasteiger partial charge in [0.05, 0.1) is 17.8 Å². The van der Waals surface area contributed by atoms with Gasteiger partial charge in [0.15, 0.2) is 0 Å². The molecule has 1 aliphatic rings. The van der Waals surface area contributed by atoms with Crippen LogP contribution in [0.5, 0.6) is 0 Å². The number of hydrogen-bond acceptors (Lipinski definition) is 3. The third-order valence-electron chi connectivity index (χ3n) is 4.20. The molecule has 0 aromatic heterocycles. The molecule has 0 aliphatic heterocycles. The van der Waals surface area contributed by atoms with E-state index in [2.05, 4.69) is 6.92 Å². The van der Waals surface area contributed by atoms with Gasteiger partial charge < -0.3 is 15.6 Å². The third-order valence-corrected chi connectivity index (χ3v) is 4.20. The van der Waals surface area contributed by atoms with Crippen LogP contribution >= 0.6 is 0 Å². The Hall–Kier alpha value is -0.120. The summed E-state index contributed by atoms with van der Waals surface area (Å²) in [6.07, 6.45) is 6.58. The van der Waals surface area contributed by atoms with Crippen LogP contribution in [-0.4, -0.2) is 29.5 Å².